The minimum Gasteiger partial charge on any atom is -0.364 e. The highest BCUT2D eigenvalue weighted by Gasteiger charge is 2.14. The van der Waals surface area contributed by atoms with Crippen LogP contribution >= 0.6 is 27.3 Å². The molecule has 0 aliphatic rings. The van der Waals surface area contributed by atoms with E-state index in [1.54, 1.807) is 6.33 Å². The summed E-state index contributed by atoms with van der Waals surface area (Å²) in [6.45, 7) is 1.94. The lowest BCUT2D eigenvalue weighted by Crippen LogP contribution is -2.11. The summed E-state index contributed by atoms with van der Waals surface area (Å²) in [6.07, 6.45) is 1.60. The standard InChI is InChI=1S/C7H6BrN3OS/c1-3-5(8)13-7-4(6(9)12)10-2-11(3)7/h2H,1H3,(H2,9,12). The van der Waals surface area contributed by atoms with Crippen molar-refractivity contribution in [3.8, 4) is 0 Å². The van der Waals surface area contributed by atoms with Crippen molar-refractivity contribution in [1.29, 1.82) is 0 Å². The van der Waals surface area contributed by atoms with Crippen LogP contribution in [0.2, 0.25) is 0 Å². The number of halogens is 1. The van der Waals surface area contributed by atoms with Gasteiger partial charge in [-0.1, -0.05) is 0 Å². The van der Waals surface area contributed by atoms with Gasteiger partial charge >= 0.3 is 0 Å². The second-order valence-corrected chi connectivity index (χ2v) is 4.91. The van der Waals surface area contributed by atoms with Crippen LogP contribution in [0.3, 0.4) is 0 Å². The van der Waals surface area contributed by atoms with E-state index < -0.39 is 5.91 Å². The molecule has 4 nitrogen and oxygen atoms in total. The number of primary amides is 1. The fourth-order valence-corrected chi connectivity index (χ4v) is 2.70. The van der Waals surface area contributed by atoms with E-state index in [1.807, 2.05) is 11.3 Å². The van der Waals surface area contributed by atoms with Crippen LogP contribution in [-0.2, 0) is 0 Å². The molecule has 2 heterocycles. The number of nitrogens with zero attached hydrogens (tertiary/aromatic N) is 2. The first kappa shape index (κ1) is 8.71. The fourth-order valence-electron chi connectivity index (χ4n) is 1.10. The molecular weight excluding hydrogens is 254 g/mol. The second kappa shape index (κ2) is 2.81. The quantitative estimate of drug-likeness (QED) is 0.845. The number of hydrogen-bond donors (Lipinski definition) is 1. The number of carbonyl (C=O) groups excluding carboxylic acids is 1. The molecule has 1 amide bonds. The van der Waals surface area contributed by atoms with Gasteiger partial charge in [0.15, 0.2) is 5.69 Å². The molecule has 2 rings (SSSR count). The molecule has 0 saturated carbocycles. The van der Waals surface area contributed by atoms with Crippen molar-refractivity contribution >= 4 is 38.0 Å². The Labute approximate surface area is 86.5 Å². The number of imidazole rings is 1. The molecule has 68 valence electrons. The van der Waals surface area contributed by atoms with Crippen LogP contribution in [0, 0.1) is 6.92 Å². The van der Waals surface area contributed by atoms with Gasteiger partial charge in [0.1, 0.15) is 11.2 Å². The van der Waals surface area contributed by atoms with E-state index in [-0.39, 0.29) is 0 Å². The first-order chi connectivity index (χ1) is 6.11. The van der Waals surface area contributed by atoms with Gasteiger partial charge in [-0.05, 0) is 22.9 Å². The largest absolute Gasteiger partial charge is 0.364 e. The number of aryl methyl sites for hydroxylation is 1. The number of thiazole rings is 1. The smallest absolute Gasteiger partial charge is 0.270 e. The minimum atomic E-state index is -0.490. The zero-order chi connectivity index (χ0) is 9.59. The number of hydrogen-bond acceptors (Lipinski definition) is 3. The maximum absolute atomic E-state index is 10.9. The van der Waals surface area contributed by atoms with Gasteiger partial charge < -0.3 is 5.73 Å². The van der Waals surface area contributed by atoms with Crippen molar-refractivity contribution in [1.82, 2.24) is 9.38 Å². The third kappa shape index (κ3) is 1.17. The molecule has 13 heavy (non-hydrogen) atoms. The van der Waals surface area contributed by atoms with Crippen LogP contribution in [0.15, 0.2) is 10.1 Å². The van der Waals surface area contributed by atoms with Gasteiger partial charge in [0.25, 0.3) is 5.91 Å². The lowest BCUT2D eigenvalue weighted by Gasteiger charge is -1.86. The van der Waals surface area contributed by atoms with Gasteiger partial charge in [-0.15, -0.1) is 11.3 Å². The maximum Gasteiger partial charge on any atom is 0.270 e. The van der Waals surface area contributed by atoms with Crippen molar-refractivity contribution in [2.24, 2.45) is 5.73 Å². The molecule has 0 bridgehead atoms. The number of fused-ring (bicyclic) bond motifs is 1. The zero-order valence-corrected chi connectivity index (χ0v) is 9.15. The van der Waals surface area contributed by atoms with E-state index >= 15 is 0 Å². The lowest BCUT2D eigenvalue weighted by molar-refractivity contribution is 0.0998. The van der Waals surface area contributed by atoms with Gasteiger partial charge in [-0.25, -0.2) is 4.98 Å². The van der Waals surface area contributed by atoms with Gasteiger partial charge in [-0.3, -0.25) is 9.20 Å². The van der Waals surface area contributed by atoms with Crippen molar-refractivity contribution in [3.05, 3.63) is 21.5 Å². The summed E-state index contributed by atoms with van der Waals surface area (Å²) >= 11 is 4.85. The Balaban J connectivity index is 2.82. The van der Waals surface area contributed by atoms with Crippen LogP contribution in [0.1, 0.15) is 16.2 Å². The minimum absolute atomic E-state index is 0.332. The van der Waals surface area contributed by atoms with E-state index in [4.69, 9.17) is 5.73 Å². The second-order valence-electron chi connectivity index (χ2n) is 2.59. The molecule has 2 N–H and O–H groups in total. The molecule has 0 spiro atoms. The molecule has 2 aromatic heterocycles. The monoisotopic (exact) mass is 259 g/mol. The normalized spacial score (nSPS) is 10.9. The average molecular weight is 260 g/mol. The Bertz CT molecular complexity index is 487. The van der Waals surface area contributed by atoms with Crippen LogP contribution in [0.4, 0.5) is 0 Å². The molecule has 2 aromatic rings. The Morgan fingerprint density at radius 3 is 3.08 bits per heavy atom. The molecular formula is C7H6BrN3OS. The van der Waals surface area contributed by atoms with E-state index in [0.717, 1.165) is 14.3 Å². The highest BCUT2D eigenvalue weighted by atomic mass is 79.9. The highest BCUT2D eigenvalue weighted by molar-refractivity contribution is 9.11. The topological polar surface area (TPSA) is 60.4 Å². The van der Waals surface area contributed by atoms with Crippen molar-refractivity contribution in [3.63, 3.8) is 0 Å². The average Bonchev–Trinajstić information content (AvgIpc) is 2.55. The Morgan fingerprint density at radius 1 is 1.77 bits per heavy atom. The molecule has 0 fully saturated rings. The summed E-state index contributed by atoms with van der Waals surface area (Å²) in [4.78, 5) is 15.7. The van der Waals surface area contributed by atoms with Crippen molar-refractivity contribution in [2.75, 3.05) is 0 Å². The predicted molar refractivity (Wildman–Crippen MR) is 54.0 cm³/mol. The first-order valence-corrected chi connectivity index (χ1v) is 5.14. The Kier molecular flexibility index (Phi) is 1.88. The first-order valence-electron chi connectivity index (χ1n) is 3.53. The molecule has 0 radical (unpaired) electrons. The van der Waals surface area contributed by atoms with Gasteiger partial charge in [0.2, 0.25) is 0 Å². The van der Waals surface area contributed by atoms with E-state index in [0.29, 0.717) is 5.69 Å². The number of aromatic nitrogens is 2. The Morgan fingerprint density at radius 2 is 2.46 bits per heavy atom. The van der Waals surface area contributed by atoms with Gasteiger partial charge in [0, 0.05) is 5.69 Å². The summed E-state index contributed by atoms with van der Waals surface area (Å²) in [6, 6.07) is 0. The molecule has 0 aliphatic heterocycles. The third-order valence-electron chi connectivity index (χ3n) is 1.79. The molecule has 0 saturated heterocycles. The number of nitrogens with two attached hydrogens (primary N) is 1. The van der Waals surface area contributed by atoms with Crippen molar-refractivity contribution in [2.45, 2.75) is 6.92 Å². The summed E-state index contributed by atoms with van der Waals surface area (Å²) < 4.78 is 2.84. The summed E-state index contributed by atoms with van der Waals surface area (Å²) in [5.74, 6) is -0.490. The molecule has 0 aromatic carbocycles. The molecule has 0 aliphatic carbocycles. The Hall–Kier alpha value is -0.880. The van der Waals surface area contributed by atoms with E-state index in [9.17, 15) is 4.79 Å². The summed E-state index contributed by atoms with van der Waals surface area (Å²) in [5.41, 5.74) is 6.52. The SMILES string of the molecule is Cc1c(Br)sc2c(C(N)=O)ncn12. The number of carbonyl (C=O) groups is 1. The van der Waals surface area contributed by atoms with Crippen LogP contribution in [-0.4, -0.2) is 15.3 Å². The predicted octanol–water partition coefficient (Wildman–Crippen LogP) is 1.57. The van der Waals surface area contributed by atoms with Crippen molar-refractivity contribution < 1.29 is 4.79 Å². The highest BCUT2D eigenvalue weighted by Crippen LogP contribution is 2.29. The lowest BCUT2D eigenvalue weighted by atomic mass is 10.4. The zero-order valence-electron chi connectivity index (χ0n) is 6.74. The third-order valence-corrected chi connectivity index (χ3v) is 3.91. The van der Waals surface area contributed by atoms with Gasteiger partial charge in [0.05, 0.1) is 3.79 Å². The van der Waals surface area contributed by atoms with Crippen LogP contribution in [0.5, 0.6) is 0 Å². The number of rotatable bonds is 1. The maximum atomic E-state index is 10.9. The van der Waals surface area contributed by atoms with Gasteiger partial charge in [-0.2, -0.15) is 0 Å². The molecule has 6 heteroatoms. The fraction of sp³-hybridized carbons (Fsp3) is 0.143. The molecule has 0 atom stereocenters. The van der Waals surface area contributed by atoms with E-state index in [1.165, 1.54) is 11.3 Å². The van der Waals surface area contributed by atoms with E-state index in [2.05, 4.69) is 20.9 Å². The van der Waals surface area contributed by atoms with Crippen LogP contribution < -0.4 is 5.73 Å². The number of amides is 1. The summed E-state index contributed by atoms with van der Waals surface area (Å²) in [7, 11) is 0. The summed E-state index contributed by atoms with van der Waals surface area (Å²) in [5, 5.41) is 0. The van der Waals surface area contributed by atoms with Crippen LogP contribution in [0.25, 0.3) is 4.83 Å². The molecule has 0 unspecified atom stereocenters.